The lowest BCUT2D eigenvalue weighted by atomic mass is 10.0. The average molecular weight is 284 g/mol. The minimum Gasteiger partial charge on any atom is -0.326 e. The number of hydrogen-bond acceptors (Lipinski definition) is 2. The lowest BCUT2D eigenvalue weighted by Gasteiger charge is -2.31. The third-order valence-corrected chi connectivity index (χ3v) is 3.35. The van der Waals surface area contributed by atoms with Gasteiger partial charge in [0, 0.05) is 18.4 Å². The number of hydrogen-bond donors (Lipinski definition) is 0. The van der Waals surface area contributed by atoms with Crippen molar-refractivity contribution in [3.8, 4) is 0 Å². The zero-order chi connectivity index (χ0) is 15.7. The molecule has 2 nitrogen and oxygen atoms in total. The van der Waals surface area contributed by atoms with Gasteiger partial charge in [-0.15, -0.1) is 0 Å². The highest BCUT2D eigenvalue weighted by Gasteiger charge is 2.19. The molecule has 0 aliphatic carbocycles. The summed E-state index contributed by atoms with van der Waals surface area (Å²) >= 11 is 0. The van der Waals surface area contributed by atoms with Crippen LogP contribution in [0.2, 0.25) is 0 Å². The number of pyridine rings is 1. The summed E-state index contributed by atoms with van der Waals surface area (Å²) in [6.07, 6.45) is 4.26. The molecule has 114 valence electrons. The third kappa shape index (κ3) is 4.07. The largest absolute Gasteiger partial charge is 0.326 e. The predicted molar refractivity (Wildman–Crippen MR) is 93.4 cm³/mol. The van der Waals surface area contributed by atoms with Crippen LogP contribution in [0.5, 0.6) is 0 Å². The number of para-hydroxylation sites is 1. The maximum Gasteiger partial charge on any atom is 0.135 e. The van der Waals surface area contributed by atoms with Gasteiger partial charge in [-0.2, -0.15) is 0 Å². The molecule has 0 bridgehead atoms. The van der Waals surface area contributed by atoms with Crippen LogP contribution >= 0.6 is 0 Å². The molecule has 1 aliphatic heterocycles. The minimum absolute atomic E-state index is 1.06. The number of anilines is 2. The van der Waals surface area contributed by atoms with Gasteiger partial charge in [0.05, 0.1) is 0 Å². The number of benzene rings is 1. The van der Waals surface area contributed by atoms with E-state index >= 15 is 0 Å². The van der Waals surface area contributed by atoms with Crippen molar-refractivity contribution in [1.29, 1.82) is 0 Å². The molecule has 3 rings (SSSR count). The van der Waals surface area contributed by atoms with Gasteiger partial charge in [-0.3, -0.25) is 0 Å². The van der Waals surface area contributed by atoms with Crippen LogP contribution in [-0.2, 0) is 6.42 Å². The summed E-state index contributed by atoms with van der Waals surface area (Å²) < 4.78 is 0. The van der Waals surface area contributed by atoms with Gasteiger partial charge in [-0.25, -0.2) is 4.98 Å². The second kappa shape index (κ2) is 9.17. The first-order chi connectivity index (χ1) is 10.4. The quantitative estimate of drug-likeness (QED) is 0.684. The summed E-state index contributed by atoms with van der Waals surface area (Å²) in [7, 11) is 0. The number of aromatic nitrogens is 1. The zero-order valence-electron chi connectivity index (χ0n) is 14.1. The molecule has 0 fully saturated rings. The van der Waals surface area contributed by atoms with E-state index in [2.05, 4.69) is 47.1 Å². The lowest BCUT2D eigenvalue weighted by Crippen LogP contribution is -2.25. The van der Waals surface area contributed by atoms with Gasteiger partial charge in [-0.05, 0) is 43.0 Å². The molecule has 0 unspecified atom stereocenters. The SMILES string of the molecule is CC.CC.Cc1cccnc1N1CCCc2ccccc21. The van der Waals surface area contributed by atoms with Crippen LogP contribution in [0, 0.1) is 6.92 Å². The van der Waals surface area contributed by atoms with E-state index in [1.807, 2.05) is 40.0 Å². The van der Waals surface area contributed by atoms with Gasteiger partial charge >= 0.3 is 0 Å². The van der Waals surface area contributed by atoms with Crippen LogP contribution in [0.15, 0.2) is 42.6 Å². The van der Waals surface area contributed by atoms with Gasteiger partial charge in [0.25, 0.3) is 0 Å². The molecule has 2 aromatic rings. The van der Waals surface area contributed by atoms with E-state index in [1.54, 1.807) is 0 Å². The predicted octanol–water partition coefficient (Wildman–Crippen LogP) is 5.53. The molecular formula is C19H28N2. The molecule has 0 saturated heterocycles. The van der Waals surface area contributed by atoms with Crippen LogP contribution in [0.4, 0.5) is 11.5 Å². The van der Waals surface area contributed by atoms with Gasteiger partial charge in [0.15, 0.2) is 0 Å². The topological polar surface area (TPSA) is 16.1 Å². The van der Waals surface area contributed by atoms with E-state index in [-0.39, 0.29) is 0 Å². The Hall–Kier alpha value is -1.83. The van der Waals surface area contributed by atoms with E-state index in [4.69, 9.17) is 0 Å². The van der Waals surface area contributed by atoms with Gasteiger partial charge in [0.1, 0.15) is 5.82 Å². The fraction of sp³-hybridized carbons (Fsp3) is 0.421. The summed E-state index contributed by atoms with van der Waals surface area (Å²) in [5.74, 6) is 1.10. The van der Waals surface area contributed by atoms with Crippen molar-refractivity contribution in [2.24, 2.45) is 0 Å². The Morgan fingerprint density at radius 3 is 2.38 bits per heavy atom. The van der Waals surface area contributed by atoms with Crippen LogP contribution in [0.3, 0.4) is 0 Å². The first-order valence-electron chi connectivity index (χ1n) is 8.13. The Labute approximate surface area is 129 Å². The molecule has 0 spiro atoms. The van der Waals surface area contributed by atoms with E-state index in [0.717, 1.165) is 12.4 Å². The molecule has 1 aromatic carbocycles. The molecule has 0 amide bonds. The number of aryl methyl sites for hydroxylation is 2. The van der Waals surface area contributed by atoms with Gasteiger partial charge < -0.3 is 4.90 Å². The molecule has 0 radical (unpaired) electrons. The fourth-order valence-corrected chi connectivity index (χ4v) is 2.51. The minimum atomic E-state index is 1.06. The second-order valence-electron chi connectivity index (χ2n) is 4.53. The van der Waals surface area contributed by atoms with Crippen molar-refractivity contribution < 1.29 is 0 Å². The maximum atomic E-state index is 4.53. The van der Waals surface area contributed by atoms with Gasteiger partial charge in [-0.1, -0.05) is 52.0 Å². The summed E-state index contributed by atoms with van der Waals surface area (Å²) in [6.45, 7) is 11.2. The van der Waals surface area contributed by atoms with Crippen molar-refractivity contribution in [3.63, 3.8) is 0 Å². The van der Waals surface area contributed by atoms with Crippen molar-refractivity contribution in [2.75, 3.05) is 11.4 Å². The van der Waals surface area contributed by atoms with Crippen molar-refractivity contribution >= 4 is 11.5 Å². The monoisotopic (exact) mass is 284 g/mol. The van der Waals surface area contributed by atoms with Crippen molar-refractivity contribution in [2.45, 2.75) is 47.5 Å². The second-order valence-corrected chi connectivity index (χ2v) is 4.53. The first kappa shape index (κ1) is 17.2. The molecule has 1 aromatic heterocycles. The van der Waals surface area contributed by atoms with Crippen LogP contribution < -0.4 is 4.90 Å². The summed E-state index contributed by atoms with van der Waals surface area (Å²) in [4.78, 5) is 6.87. The van der Waals surface area contributed by atoms with E-state index < -0.39 is 0 Å². The number of rotatable bonds is 1. The highest BCUT2D eigenvalue weighted by molar-refractivity contribution is 5.67. The zero-order valence-corrected chi connectivity index (χ0v) is 14.1. The fourth-order valence-electron chi connectivity index (χ4n) is 2.51. The highest BCUT2D eigenvalue weighted by Crippen LogP contribution is 2.33. The molecule has 0 N–H and O–H groups in total. The molecule has 2 heteroatoms. The summed E-state index contributed by atoms with van der Waals surface area (Å²) in [6, 6.07) is 12.8. The van der Waals surface area contributed by atoms with E-state index in [0.29, 0.717) is 0 Å². The van der Waals surface area contributed by atoms with E-state index in [9.17, 15) is 0 Å². The third-order valence-electron chi connectivity index (χ3n) is 3.35. The van der Waals surface area contributed by atoms with E-state index in [1.165, 1.54) is 29.7 Å². The van der Waals surface area contributed by atoms with Crippen LogP contribution in [0.1, 0.15) is 45.2 Å². The summed E-state index contributed by atoms with van der Waals surface area (Å²) in [5.41, 5.74) is 3.99. The molecular weight excluding hydrogens is 256 g/mol. The smallest absolute Gasteiger partial charge is 0.135 e. The lowest BCUT2D eigenvalue weighted by molar-refractivity contribution is 0.758. The summed E-state index contributed by atoms with van der Waals surface area (Å²) in [5, 5.41) is 0. The number of fused-ring (bicyclic) bond motifs is 1. The number of nitrogens with zero attached hydrogens (tertiary/aromatic N) is 2. The molecule has 2 heterocycles. The molecule has 0 atom stereocenters. The molecule has 21 heavy (non-hydrogen) atoms. The van der Waals surface area contributed by atoms with Crippen LogP contribution in [0.25, 0.3) is 0 Å². The normalized spacial score (nSPS) is 12.3. The Bertz CT molecular complexity index is 535. The highest BCUT2D eigenvalue weighted by atomic mass is 15.2. The average Bonchev–Trinajstić information content (AvgIpc) is 2.59. The Morgan fingerprint density at radius 2 is 1.67 bits per heavy atom. The molecule has 0 saturated carbocycles. The Kier molecular flexibility index (Phi) is 7.52. The maximum absolute atomic E-state index is 4.53. The first-order valence-corrected chi connectivity index (χ1v) is 8.13. The van der Waals surface area contributed by atoms with Gasteiger partial charge in [0.2, 0.25) is 0 Å². The Morgan fingerprint density at radius 1 is 0.952 bits per heavy atom. The Balaban J connectivity index is 0.000000510. The standard InChI is InChI=1S/C15H16N2.2C2H6/c1-12-6-4-10-16-15(12)17-11-5-8-13-7-2-3-9-14(13)17;2*1-2/h2-4,6-7,9-10H,5,8,11H2,1H3;2*1-2H3. The van der Waals surface area contributed by atoms with Crippen molar-refractivity contribution in [1.82, 2.24) is 4.98 Å². The van der Waals surface area contributed by atoms with Crippen molar-refractivity contribution in [3.05, 3.63) is 53.7 Å². The molecule has 1 aliphatic rings. The van der Waals surface area contributed by atoms with Crippen LogP contribution in [-0.4, -0.2) is 11.5 Å².